The van der Waals surface area contributed by atoms with E-state index < -0.39 is 0 Å². The van der Waals surface area contributed by atoms with Gasteiger partial charge in [-0.15, -0.1) is 0 Å². The Morgan fingerprint density at radius 3 is 2.34 bits per heavy atom. The van der Waals surface area contributed by atoms with Crippen molar-refractivity contribution in [3.63, 3.8) is 0 Å². The first-order chi connectivity index (χ1) is 14.2. The standard InChI is InChI=1S/C25H43NO3/c1-3-5-6-7-8-9-10-13-20(19-26)14-11-12-15-22(27)25-21-16-17-23(29-25)24(18-21)28-4-2/h20-21,23-25H,3-18H2,1-2H3. The molecule has 1 aliphatic carbocycles. The fourth-order valence-corrected chi connectivity index (χ4v) is 5.04. The van der Waals surface area contributed by atoms with E-state index in [1.54, 1.807) is 0 Å². The van der Waals surface area contributed by atoms with Crippen LogP contribution >= 0.6 is 0 Å². The second-order valence-corrected chi connectivity index (χ2v) is 9.11. The van der Waals surface area contributed by atoms with Crippen LogP contribution in [0.4, 0.5) is 0 Å². The molecule has 29 heavy (non-hydrogen) atoms. The Hall–Kier alpha value is -0.920. The van der Waals surface area contributed by atoms with Crippen molar-refractivity contribution in [1.82, 2.24) is 0 Å². The Morgan fingerprint density at radius 2 is 1.72 bits per heavy atom. The van der Waals surface area contributed by atoms with Crippen LogP contribution < -0.4 is 0 Å². The van der Waals surface area contributed by atoms with Crippen LogP contribution in [0, 0.1) is 23.2 Å². The molecule has 4 heteroatoms. The van der Waals surface area contributed by atoms with Crippen molar-refractivity contribution < 1.29 is 14.3 Å². The lowest BCUT2D eigenvalue weighted by molar-refractivity contribution is -0.196. The van der Waals surface area contributed by atoms with E-state index in [4.69, 9.17) is 9.47 Å². The Morgan fingerprint density at radius 1 is 1.03 bits per heavy atom. The van der Waals surface area contributed by atoms with Crippen molar-refractivity contribution in [3.05, 3.63) is 0 Å². The molecule has 0 spiro atoms. The van der Waals surface area contributed by atoms with Gasteiger partial charge in [-0.1, -0.05) is 58.3 Å². The Balaban J connectivity index is 1.55. The molecule has 2 saturated heterocycles. The number of hydrogen-bond donors (Lipinski definition) is 0. The average molecular weight is 406 g/mol. The lowest BCUT2D eigenvalue weighted by Crippen LogP contribution is -2.53. The Bertz CT molecular complexity index is 501. The largest absolute Gasteiger partial charge is 0.376 e. The van der Waals surface area contributed by atoms with Gasteiger partial charge < -0.3 is 9.47 Å². The molecule has 2 aliphatic heterocycles. The summed E-state index contributed by atoms with van der Waals surface area (Å²) in [5, 5.41) is 9.40. The minimum Gasteiger partial charge on any atom is -0.376 e. The van der Waals surface area contributed by atoms with Crippen LogP contribution in [0.2, 0.25) is 0 Å². The molecule has 0 aromatic heterocycles. The summed E-state index contributed by atoms with van der Waals surface area (Å²) in [6.45, 7) is 4.98. The smallest absolute Gasteiger partial charge is 0.161 e. The number of Topliss-reactive ketones (excluding diaryl/α,β-unsaturated/α-hetero) is 1. The number of ether oxygens (including phenoxy) is 2. The van der Waals surface area contributed by atoms with E-state index in [2.05, 4.69) is 13.0 Å². The first-order valence-electron chi connectivity index (χ1n) is 12.4. The third-order valence-electron chi connectivity index (χ3n) is 6.78. The van der Waals surface area contributed by atoms with Gasteiger partial charge in [0, 0.05) is 18.9 Å². The average Bonchev–Trinajstić information content (AvgIpc) is 2.75. The first kappa shape index (κ1) is 24.4. The third-order valence-corrected chi connectivity index (χ3v) is 6.78. The number of carbonyl (C=O) groups is 1. The lowest BCUT2D eigenvalue weighted by Gasteiger charge is -2.46. The van der Waals surface area contributed by atoms with Crippen molar-refractivity contribution in [2.45, 2.75) is 128 Å². The summed E-state index contributed by atoms with van der Waals surface area (Å²) in [7, 11) is 0. The van der Waals surface area contributed by atoms with Gasteiger partial charge in [0.15, 0.2) is 5.78 Å². The lowest BCUT2D eigenvalue weighted by atomic mass is 9.76. The highest BCUT2D eigenvalue weighted by Crippen LogP contribution is 2.39. The van der Waals surface area contributed by atoms with Gasteiger partial charge in [0.05, 0.1) is 18.3 Å². The van der Waals surface area contributed by atoms with Crippen molar-refractivity contribution in [3.8, 4) is 6.07 Å². The second kappa shape index (κ2) is 14.1. The van der Waals surface area contributed by atoms with E-state index in [1.165, 1.54) is 44.9 Å². The number of nitrogens with zero attached hydrogens (tertiary/aromatic N) is 1. The van der Waals surface area contributed by atoms with Crippen molar-refractivity contribution in [2.75, 3.05) is 6.61 Å². The predicted molar refractivity (Wildman–Crippen MR) is 117 cm³/mol. The highest BCUT2D eigenvalue weighted by Gasteiger charge is 2.45. The number of carbonyl (C=O) groups excluding carboxylic acids is 1. The molecule has 5 unspecified atom stereocenters. The van der Waals surface area contributed by atoms with Gasteiger partial charge in [-0.05, 0) is 51.4 Å². The molecule has 5 atom stereocenters. The van der Waals surface area contributed by atoms with Gasteiger partial charge >= 0.3 is 0 Å². The van der Waals surface area contributed by atoms with Crippen molar-refractivity contribution in [1.29, 1.82) is 5.26 Å². The van der Waals surface area contributed by atoms with Gasteiger partial charge in [0.25, 0.3) is 0 Å². The fourth-order valence-electron chi connectivity index (χ4n) is 5.04. The van der Waals surface area contributed by atoms with Crippen molar-refractivity contribution >= 4 is 5.78 Å². The molecule has 0 radical (unpaired) electrons. The van der Waals surface area contributed by atoms with Gasteiger partial charge in [-0.25, -0.2) is 0 Å². The van der Waals surface area contributed by atoms with E-state index in [1.807, 2.05) is 6.92 Å². The van der Waals surface area contributed by atoms with Crippen LogP contribution in [0.25, 0.3) is 0 Å². The van der Waals surface area contributed by atoms with Crippen LogP contribution in [-0.4, -0.2) is 30.7 Å². The topological polar surface area (TPSA) is 59.3 Å². The molecule has 4 nitrogen and oxygen atoms in total. The molecular formula is C25H43NO3. The van der Waals surface area contributed by atoms with Crippen molar-refractivity contribution in [2.24, 2.45) is 11.8 Å². The molecule has 0 N–H and O–H groups in total. The summed E-state index contributed by atoms with van der Waals surface area (Å²) in [6, 6.07) is 2.48. The van der Waals surface area contributed by atoms with Gasteiger partial charge in [-0.2, -0.15) is 5.26 Å². The monoisotopic (exact) mass is 405 g/mol. The molecule has 3 aliphatic rings. The molecular weight excluding hydrogens is 362 g/mol. The highest BCUT2D eigenvalue weighted by atomic mass is 16.6. The third kappa shape index (κ3) is 8.38. The van der Waals surface area contributed by atoms with E-state index in [0.29, 0.717) is 12.3 Å². The van der Waals surface area contributed by atoms with Crippen LogP contribution in [-0.2, 0) is 14.3 Å². The normalized spacial score (nSPS) is 26.9. The minimum absolute atomic E-state index is 0.110. The van der Waals surface area contributed by atoms with Gasteiger partial charge in [0.2, 0.25) is 0 Å². The van der Waals surface area contributed by atoms with Gasteiger partial charge in [-0.3, -0.25) is 4.79 Å². The first-order valence-corrected chi connectivity index (χ1v) is 12.4. The molecule has 2 heterocycles. The zero-order chi connectivity index (χ0) is 20.9. The van der Waals surface area contributed by atoms with E-state index >= 15 is 0 Å². The predicted octanol–water partition coefficient (Wildman–Crippen LogP) is 6.37. The summed E-state index contributed by atoms with van der Waals surface area (Å²) >= 11 is 0. The molecule has 0 aromatic carbocycles. The summed E-state index contributed by atoms with van der Waals surface area (Å²) in [5.74, 6) is 0.776. The SMILES string of the molecule is CCCCCCCCCC(C#N)CCCCC(=O)C1OC2CCC1CC2OCC. The second-order valence-electron chi connectivity index (χ2n) is 9.11. The summed E-state index contributed by atoms with van der Waals surface area (Å²) in [6.07, 6.45) is 16.7. The van der Waals surface area contributed by atoms with E-state index in [0.717, 1.165) is 51.6 Å². The Labute approximate surface area is 178 Å². The molecule has 166 valence electrons. The van der Waals surface area contributed by atoms with Crippen LogP contribution in [0.15, 0.2) is 0 Å². The number of rotatable bonds is 16. The molecule has 1 saturated carbocycles. The Kier molecular flexibility index (Phi) is 11.9. The summed E-state index contributed by atoms with van der Waals surface area (Å²) in [5.41, 5.74) is 0. The van der Waals surface area contributed by atoms with E-state index in [9.17, 15) is 10.1 Å². The van der Waals surface area contributed by atoms with Crippen LogP contribution in [0.1, 0.15) is 110 Å². The maximum Gasteiger partial charge on any atom is 0.161 e. The number of nitriles is 1. The van der Waals surface area contributed by atoms with Crippen LogP contribution in [0.5, 0.6) is 0 Å². The molecule has 3 fully saturated rings. The van der Waals surface area contributed by atoms with Gasteiger partial charge in [0.1, 0.15) is 6.10 Å². The number of ketones is 1. The molecule has 0 aromatic rings. The molecule has 3 rings (SSSR count). The maximum atomic E-state index is 12.7. The maximum absolute atomic E-state index is 12.7. The molecule has 2 bridgehead atoms. The minimum atomic E-state index is -0.204. The zero-order valence-corrected chi connectivity index (χ0v) is 18.9. The number of hydrogen-bond acceptors (Lipinski definition) is 4. The van der Waals surface area contributed by atoms with Crippen LogP contribution in [0.3, 0.4) is 0 Å². The summed E-state index contributed by atoms with van der Waals surface area (Å²) in [4.78, 5) is 12.7. The molecule has 0 amide bonds. The fraction of sp³-hybridized carbons (Fsp3) is 0.920. The van der Waals surface area contributed by atoms with E-state index in [-0.39, 0.29) is 30.0 Å². The number of fused-ring (bicyclic) bond motifs is 3. The zero-order valence-electron chi connectivity index (χ0n) is 18.9. The quantitative estimate of drug-likeness (QED) is 0.280. The summed E-state index contributed by atoms with van der Waals surface area (Å²) < 4.78 is 11.9. The number of unbranched alkanes of at least 4 members (excludes halogenated alkanes) is 7. The highest BCUT2D eigenvalue weighted by molar-refractivity contribution is 5.83.